The van der Waals surface area contributed by atoms with Crippen LogP contribution in [0.15, 0.2) is 47.5 Å². The second kappa shape index (κ2) is 10.0. The highest BCUT2D eigenvalue weighted by Gasteiger charge is 2.27. The van der Waals surface area contributed by atoms with Gasteiger partial charge in [-0.15, -0.1) is 5.10 Å². The summed E-state index contributed by atoms with van der Waals surface area (Å²) in [6.45, 7) is 2.76. The van der Waals surface area contributed by atoms with E-state index in [0.717, 1.165) is 54.9 Å². The predicted octanol–water partition coefficient (Wildman–Crippen LogP) is 2.69. The Hall–Kier alpha value is -3.79. The summed E-state index contributed by atoms with van der Waals surface area (Å²) >= 11 is 0. The summed E-state index contributed by atoms with van der Waals surface area (Å²) in [6, 6.07) is 13.8. The highest BCUT2D eigenvalue weighted by atomic mass is 16.5. The lowest BCUT2D eigenvalue weighted by Gasteiger charge is -2.17. The molecule has 1 saturated carbocycles. The number of carbonyl (C=O) groups is 1. The number of methoxy groups -OCH3 is 1. The molecule has 2 aromatic carbocycles. The number of aliphatic imine (C=N–C) groups is 1. The molecule has 2 fully saturated rings. The van der Waals surface area contributed by atoms with Crippen molar-refractivity contribution in [3.05, 3.63) is 53.6 Å². The van der Waals surface area contributed by atoms with Gasteiger partial charge in [-0.3, -0.25) is 4.79 Å². The minimum absolute atomic E-state index is 0.241. The Bertz CT molecular complexity index is 1190. The summed E-state index contributed by atoms with van der Waals surface area (Å²) in [7, 11) is 1.65. The summed E-state index contributed by atoms with van der Waals surface area (Å²) < 4.78 is 6.88. The van der Waals surface area contributed by atoms with Crippen molar-refractivity contribution >= 4 is 23.2 Å². The molecule has 1 aliphatic carbocycles. The molecule has 3 N–H and O–H groups in total. The van der Waals surface area contributed by atoms with Crippen molar-refractivity contribution in [2.45, 2.75) is 31.7 Å². The highest BCUT2D eigenvalue weighted by molar-refractivity contribution is 6.03. The number of nitrogens with one attached hydrogen (secondary N) is 3. The van der Waals surface area contributed by atoms with Crippen LogP contribution >= 0.6 is 0 Å². The lowest BCUT2D eigenvalue weighted by Crippen LogP contribution is -2.44. The van der Waals surface area contributed by atoms with Crippen molar-refractivity contribution in [2.24, 2.45) is 4.99 Å². The van der Waals surface area contributed by atoms with Gasteiger partial charge in [0.1, 0.15) is 0 Å². The number of rotatable bonds is 8. The van der Waals surface area contributed by atoms with Crippen molar-refractivity contribution in [3.63, 3.8) is 0 Å². The van der Waals surface area contributed by atoms with Gasteiger partial charge < -0.3 is 20.7 Å². The van der Waals surface area contributed by atoms with Crippen molar-refractivity contribution in [1.82, 2.24) is 30.8 Å². The molecule has 0 spiro atoms. The Morgan fingerprint density at radius 3 is 2.85 bits per heavy atom. The van der Waals surface area contributed by atoms with Gasteiger partial charge in [-0.2, -0.15) is 4.99 Å². The number of nitrogens with zero attached hydrogens (tertiary/aromatic N) is 5. The fourth-order valence-corrected chi connectivity index (χ4v) is 3.98. The van der Waals surface area contributed by atoms with Crippen LogP contribution in [0.4, 0.5) is 11.4 Å². The minimum Gasteiger partial charge on any atom is -0.383 e. The van der Waals surface area contributed by atoms with Crippen LogP contribution in [0.3, 0.4) is 0 Å². The Morgan fingerprint density at radius 2 is 2.06 bits per heavy atom. The Labute approximate surface area is 197 Å². The van der Waals surface area contributed by atoms with Crippen LogP contribution in [-0.4, -0.2) is 58.9 Å². The number of guanidine groups is 1. The lowest BCUT2D eigenvalue weighted by atomic mass is 10.0. The van der Waals surface area contributed by atoms with Crippen LogP contribution in [0.5, 0.6) is 0 Å². The molecule has 0 atom stereocenters. The first kappa shape index (κ1) is 22.0. The lowest BCUT2D eigenvalue weighted by molar-refractivity contribution is 0.100. The first-order valence-electron chi connectivity index (χ1n) is 11.6. The average Bonchev–Trinajstić information content (AvgIpc) is 3.60. The predicted molar refractivity (Wildman–Crippen MR) is 129 cm³/mol. The molecule has 3 aromatic rings. The monoisotopic (exact) mass is 460 g/mol. The van der Waals surface area contributed by atoms with Gasteiger partial charge in [-0.05, 0) is 71.5 Å². The van der Waals surface area contributed by atoms with E-state index < -0.39 is 0 Å². The molecular formula is C24H28N8O2. The molecule has 0 unspecified atom stereocenters. The molecule has 10 heteroatoms. The average molecular weight is 461 g/mol. The van der Waals surface area contributed by atoms with E-state index in [9.17, 15) is 4.79 Å². The second-order valence-electron chi connectivity index (χ2n) is 8.47. The number of tetrazole rings is 1. The number of hydrogen-bond acceptors (Lipinski definition) is 6. The minimum atomic E-state index is -0.241. The molecule has 1 amide bonds. The molecule has 10 nitrogen and oxygen atoms in total. The molecule has 176 valence electrons. The summed E-state index contributed by atoms with van der Waals surface area (Å²) in [5.74, 6) is 1.46. The van der Waals surface area contributed by atoms with E-state index in [1.807, 2.05) is 42.5 Å². The molecule has 0 bridgehead atoms. The fraction of sp³-hybridized carbons (Fsp3) is 0.375. The molecule has 0 radical (unpaired) electrons. The van der Waals surface area contributed by atoms with E-state index in [1.165, 1.54) is 0 Å². The van der Waals surface area contributed by atoms with Gasteiger partial charge in [0, 0.05) is 42.7 Å². The van der Waals surface area contributed by atoms with Gasteiger partial charge in [0.25, 0.3) is 5.91 Å². The van der Waals surface area contributed by atoms with Crippen LogP contribution in [0.1, 0.15) is 41.1 Å². The highest BCUT2D eigenvalue weighted by Crippen LogP contribution is 2.44. The molecule has 1 saturated heterocycles. The van der Waals surface area contributed by atoms with Crippen LogP contribution < -0.4 is 16.0 Å². The molecule has 34 heavy (non-hydrogen) atoms. The van der Waals surface area contributed by atoms with Crippen LogP contribution in [-0.2, 0) is 11.3 Å². The largest absolute Gasteiger partial charge is 0.383 e. The summed E-state index contributed by atoms with van der Waals surface area (Å²) in [5.41, 5.74) is 4.58. The molecule has 2 aliphatic rings. The number of aromatic nitrogens is 4. The van der Waals surface area contributed by atoms with Gasteiger partial charge >= 0.3 is 0 Å². The fourth-order valence-electron chi connectivity index (χ4n) is 3.98. The zero-order valence-electron chi connectivity index (χ0n) is 19.1. The first-order valence-corrected chi connectivity index (χ1v) is 11.6. The first-order chi connectivity index (χ1) is 16.7. The SMILES string of the molecule is COCCn1nnnc1-c1cccc(Nc2ccc(C(=O)N=C3NCCCN3)cc2C2CC2)c1. The van der Waals surface area contributed by atoms with Gasteiger partial charge in [-0.1, -0.05) is 12.1 Å². The third-order valence-corrected chi connectivity index (χ3v) is 5.91. The number of carbonyl (C=O) groups excluding carboxylic acids is 1. The Morgan fingerprint density at radius 1 is 1.21 bits per heavy atom. The van der Waals surface area contributed by atoms with E-state index in [2.05, 4.69) is 36.5 Å². The van der Waals surface area contributed by atoms with Gasteiger partial charge in [0.05, 0.1) is 13.2 Å². The third-order valence-electron chi connectivity index (χ3n) is 5.91. The Kier molecular flexibility index (Phi) is 6.48. The summed E-state index contributed by atoms with van der Waals surface area (Å²) in [6.07, 6.45) is 3.26. The van der Waals surface area contributed by atoms with Crippen molar-refractivity contribution in [3.8, 4) is 11.4 Å². The number of anilines is 2. The van der Waals surface area contributed by atoms with E-state index in [0.29, 0.717) is 36.4 Å². The van der Waals surface area contributed by atoms with Gasteiger partial charge in [0.15, 0.2) is 11.8 Å². The van der Waals surface area contributed by atoms with Gasteiger partial charge in [-0.25, -0.2) is 4.68 Å². The molecule has 1 aliphatic heterocycles. The normalized spacial score (nSPS) is 15.4. The number of ether oxygens (including phenoxy) is 1. The van der Waals surface area contributed by atoms with E-state index in [4.69, 9.17) is 4.74 Å². The number of hydrogen-bond donors (Lipinski definition) is 3. The third kappa shape index (κ3) is 5.07. The molecular weight excluding hydrogens is 432 g/mol. The number of benzene rings is 2. The maximum atomic E-state index is 12.7. The van der Waals surface area contributed by atoms with Gasteiger partial charge in [0.2, 0.25) is 0 Å². The quantitative estimate of drug-likeness (QED) is 0.470. The summed E-state index contributed by atoms with van der Waals surface area (Å²) in [4.78, 5) is 17.0. The maximum Gasteiger partial charge on any atom is 0.280 e. The van der Waals surface area contributed by atoms with Crippen LogP contribution in [0.25, 0.3) is 11.4 Å². The van der Waals surface area contributed by atoms with E-state index >= 15 is 0 Å². The Balaban J connectivity index is 1.37. The van der Waals surface area contributed by atoms with Crippen molar-refractivity contribution in [1.29, 1.82) is 0 Å². The van der Waals surface area contributed by atoms with Crippen molar-refractivity contribution < 1.29 is 9.53 Å². The van der Waals surface area contributed by atoms with E-state index in [1.54, 1.807) is 11.8 Å². The van der Waals surface area contributed by atoms with Crippen molar-refractivity contribution in [2.75, 3.05) is 32.1 Å². The van der Waals surface area contributed by atoms with Crippen LogP contribution in [0.2, 0.25) is 0 Å². The summed E-state index contributed by atoms with van der Waals surface area (Å²) in [5, 5.41) is 21.8. The number of amides is 1. The standard InChI is InChI=1S/C24H28N8O2/c1-34-13-12-32-22(29-30-31-32)17-4-2-5-19(14-17)27-21-9-8-18(15-20(21)16-6-7-16)23(33)28-24-25-10-3-11-26-24/h2,4-5,8-9,14-16,27H,3,6-7,10-13H2,1H3,(H2,25,26,28,33). The zero-order valence-corrected chi connectivity index (χ0v) is 19.1. The smallest absolute Gasteiger partial charge is 0.280 e. The van der Waals surface area contributed by atoms with Crippen LogP contribution in [0, 0.1) is 0 Å². The molecule has 1 aromatic heterocycles. The maximum absolute atomic E-state index is 12.7. The topological polar surface area (TPSA) is 118 Å². The molecule has 5 rings (SSSR count). The van der Waals surface area contributed by atoms with E-state index in [-0.39, 0.29) is 5.91 Å². The second-order valence-corrected chi connectivity index (χ2v) is 8.47. The zero-order chi connectivity index (χ0) is 23.3. The molecule has 2 heterocycles.